The third-order valence-corrected chi connectivity index (χ3v) is 4.84. The average Bonchev–Trinajstić information content (AvgIpc) is 2.61. The van der Waals surface area contributed by atoms with E-state index in [1.165, 1.54) is 12.8 Å². The van der Waals surface area contributed by atoms with Crippen LogP contribution < -0.4 is 5.32 Å². The minimum Gasteiger partial charge on any atom is -0.303 e. The van der Waals surface area contributed by atoms with Gasteiger partial charge in [-0.1, -0.05) is 39.5 Å². The van der Waals surface area contributed by atoms with Crippen molar-refractivity contribution in [3.8, 4) is 0 Å². The summed E-state index contributed by atoms with van der Waals surface area (Å²) >= 11 is 0. The van der Waals surface area contributed by atoms with Crippen molar-refractivity contribution in [3.63, 3.8) is 0 Å². The topological polar surface area (TPSA) is 49.4 Å². The number of hydrogen-bond donors (Lipinski definition) is 1. The Morgan fingerprint density at radius 1 is 1.05 bits per heavy atom. The lowest BCUT2D eigenvalue weighted by atomic mass is 10.0. The third kappa shape index (κ3) is 3.40. The van der Waals surface area contributed by atoms with Gasteiger partial charge in [0.2, 0.25) is 11.8 Å². The Balaban J connectivity index is 2.00. The summed E-state index contributed by atoms with van der Waals surface area (Å²) in [7, 11) is 0. The molecule has 1 saturated heterocycles. The van der Waals surface area contributed by atoms with Gasteiger partial charge < -0.3 is 5.32 Å². The third-order valence-electron chi connectivity index (χ3n) is 4.84. The lowest BCUT2D eigenvalue weighted by Crippen LogP contribution is -2.47. The molecule has 2 fully saturated rings. The number of amides is 2. The number of hydrogen-bond acceptors (Lipinski definition) is 3. The summed E-state index contributed by atoms with van der Waals surface area (Å²) in [4.78, 5) is 26.3. The predicted octanol–water partition coefficient (Wildman–Crippen LogP) is 2.47. The predicted molar refractivity (Wildman–Crippen MR) is 79.2 cm³/mol. The summed E-state index contributed by atoms with van der Waals surface area (Å²) in [6.45, 7) is 6.33. The zero-order chi connectivity index (χ0) is 14.7. The van der Waals surface area contributed by atoms with Crippen molar-refractivity contribution in [3.05, 3.63) is 0 Å². The highest BCUT2D eigenvalue weighted by Gasteiger charge is 2.42. The molecule has 4 nitrogen and oxygen atoms in total. The fourth-order valence-corrected chi connectivity index (χ4v) is 3.19. The highest BCUT2D eigenvalue weighted by molar-refractivity contribution is 6.05. The van der Waals surface area contributed by atoms with Crippen LogP contribution in [0.1, 0.15) is 65.7 Å². The molecule has 1 aliphatic carbocycles. The smallest absolute Gasteiger partial charge is 0.247 e. The molecule has 20 heavy (non-hydrogen) atoms. The van der Waals surface area contributed by atoms with Gasteiger partial charge in [-0.15, -0.1) is 0 Å². The van der Waals surface area contributed by atoms with Crippen LogP contribution in [0.5, 0.6) is 0 Å². The van der Waals surface area contributed by atoms with E-state index in [1.807, 2.05) is 0 Å². The molecule has 0 aromatic heterocycles. The van der Waals surface area contributed by atoms with Crippen LogP contribution >= 0.6 is 0 Å². The molecule has 0 aromatic rings. The van der Waals surface area contributed by atoms with Gasteiger partial charge in [0.15, 0.2) is 0 Å². The van der Waals surface area contributed by atoms with E-state index in [4.69, 9.17) is 0 Å². The van der Waals surface area contributed by atoms with Crippen LogP contribution in [0, 0.1) is 5.92 Å². The van der Waals surface area contributed by atoms with E-state index in [1.54, 1.807) is 4.90 Å². The summed E-state index contributed by atoms with van der Waals surface area (Å²) in [5.41, 5.74) is 0. The maximum Gasteiger partial charge on any atom is 0.247 e. The van der Waals surface area contributed by atoms with E-state index in [2.05, 4.69) is 26.1 Å². The molecule has 114 valence electrons. The summed E-state index contributed by atoms with van der Waals surface area (Å²) < 4.78 is 0. The Morgan fingerprint density at radius 3 is 2.20 bits per heavy atom. The molecular formula is C16H28N2O2. The first-order chi connectivity index (χ1) is 9.50. The number of nitrogens with one attached hydrogen (secondary N) is 1. The number of imide groups is 1. The Morgan fingerprint density at radius 2 is 1.65 bits per heavy atom. The molecule has 4 heteroatoms. The van der Waals surface area contributed by atoms with Crippen molar-refractivity contribution in [1.82, 2.24) is 10.2 Å². The van der Waals surface area contributed by atoms with E-state index < -0.39 is 0 Å². The van der Waals surface area contributed by atoms with E-state index in [-0.39, 0.29) is 29.9 Å². The highest BCUT2D eigenvalue weighted by atomic mass is 16.2. The fraction of sp³-hybridized carbons (Fsp3) is 0.875. The summed E-state index contributed by atoms with van der Waals surface area (Å²) in [6.07, 6.45) is 7.07. The lowest BCUT2D eigenvalue weighted by Gasteiger charge is -2.26. The minimum absolute atomic E-state index is 0.00870. The monoisotopic (exact) mass is 280 g/mol. The van der Waals surface area contributed by atoms with Crippen molar-refractivity contribution >= 4 is 11.8 Å². The van der Waals surface area contributed by atoms with Gasteiger partial charge in [0.05, 0.1) is 12.5 Å². The minimum atomic E-state index is -0.303. The first kappa shape index (κ1) is 15.5. The molecule has 1 N–H and O–H groups in total. The SMILES string of the molecule is CC(C)C(C)NC1CC(=O)N(C2CCCCCC2)C1=O. The largest absolute Gasteiger partial charge is 0.303 e. The maximum absolute atomic E-state index is 12.5. The normalized spacial score (nSPS) is 27.2. The number of nitrogens with zero attached hydrogens (tertiary/aromatic N) is 1. The molecule has 1 aliphatic heterocycles. The Hall–Kier alpha value is -0.900. The molecule has 0 spiro atoms. The van der Waals surface area contributed by atoms with Gasteiger partial charge in [-0.3, -0.25) is 14.5 Å². The van der Waals surface area contributed by atoms with Crippen LogP contribution in [0.15, 0.2) is 0 Å². The average molecular weight is 280 g/mol. The van der Waals surface area contributed by atoms with E-state index in [9.17, 15) is 9.59 Å². The zero-order valence-corrected chi connectivity index (χ0v) is 13.0. The van der Waals surface area contributed by atoms with Gasteiger partial charge in [-0.2, -0.15) is 0 Å². The van der Waals surface area contributed by atoms with Gasteiger partial charge in [-0.05, 0) is 25.7 Å². The second kappa shape index (κ2) is 6.70. The number of likely N-dealkylation sites (tertiary alicyclic amines) is 1. The molecule has 0 aromatic carbocycles. The second-order valence-corrected chi connectivity index (χ2v) is 6.70. The molecule has 1 saturated carbocycles. The van der Waals surface area contributed by atoms with Crippen LogP contribution in [0.2, 0.25) is 0 Å². The Bertz CT molecular complexity index is 359. The molecule has 0 radical (unpaired) electrons. The number of carbonyl (C=O) groups excluding carboxylic acids is 2. The summed E-state index contributed by atoms with van der Waals surface area (Å²) in [6, 6.07) is 0.104. The Labute approximate surface area is 122 Å². The van der Waals surface area contributed by atoms with Gasteiger partial charge >= 0.3 is 0 Å². The van der Waals surface area contributed by atoms with Crippen LogP contribution in [-0.2, 0) is 9.59 Å². The van der Waals surface area contributed by atoms with Crippen LogP contribution in [0.25, 0.3) is 0 Å². The molecule has 2 unspecified atom stereocenters. The van der Waals surface area contributed by atoms with Gasteiger partial charge in [0.25, 0.3) is 0 Å². The molecular weight excluding hydrogens is 252 g/mol. The van der Waals surface area contributed by atoms with Crippen molar-refractivity contribution in [2.75, 3.05) is 0 Å². The molecule has 2 amide bonds. The Kier molecular flexibility index (Phi) is 5.19. The molecule has 0 bridgehead atoms. The first-order valence-corrected chi connectivity index (χ1v) is 8.12. The molecule has 2 atom stereocenters. The quantitative estimate of drug-likeness (QED) is 0.636. The first-order valence-electron chi connectivity index (χ1n) is 8.12. The molecule has 2 rings (SSSR count). The van der Waals surface area contributed by atoms with E-state index >= 15 is 0 Å². The van der Waals surface area contributed by atoms with E-state index in [0.29, 0.717) is 12.3 Å². The van der Waals surface area contributed by atoms with Gasteiger partial charge in [-0.25, -0.2) is 0 Å². The van der Waals surface area contributed by atoms with Crippen LogP contribution in [0.4, 0.5) is 0 Å². The summed E-state index contributed by atoms with van der Waals surface area (Å²) in [5.74, 6) is 0.495. The molecule has 2 aliphatic rings. The fourth-order valence-electron chi connectivity index (χ4n) is 3.19. The second-order valence-electron chi connectivity index (χ2n) is 6.70. The van der Waals surface area contributed by atoms with Crippen molar-refractivity contribution < 1.29 is 9.59 Å². The lowest BCUT2D eigenvalue weighted by molar-refractivity contribution is -0.141. The maximum atomic E-state index is 12.5. The van der Waals surface area contributed by atoms with Crippen LogP contribution in [-0.4, -0.2) is 34.8 Å². The van der Waals surface area contributed by atoms with Crippen LogP contribution in [0.3, 0.4) is 0 Å². The van der Waals surface area contributed by atoms with Gasteiger partial charge in [0, 0.05) is 12.1 Å². The molecule has 1 heterocycles. The number of rotatable bonds is 4. The zero-order valence-electron chi connectivity index (χ0n) is 13.0. The van der Waals surface area contributed by atoms with E-state index in [0.717, 1.165) is 25.7 Å². The van der Waals surface area contributed by atoms with Crippen molar-refractivity contribution in [2.45, 2.75) is 83.8 Å². The van der Waals surface area contributed by atoms with Gasteiger partial charge in [0.1, 0.15) is 0 Å². The standard InChI is InChI=1S/C16H28N2O2/c1-11(2)12(3)17-14-10-15(19)18(16(14)20)13-8-6-4-5-7-9-13/h11-14,17H,4-10H2,1-3H3. The summed E-state index contributed by atoms with van der Waals surface area (Å²) in [5, 5.41) is 3.33. The number of carbonyl (C=O) groups is 2. The van der Waals surface area contributed by atoms with Crippen molar-refractivity contribution in [2.24, 2.45) is 5.92 Å². The highest BCUT2D eigenvalue weighted by Crippen LogP contribution is 2.27. The van der Waals surface area contributed by atoms with Crippen molar-refractivity contribution in [1.29, 1.82) is 0 Å².